The van der Waals surface area contributed by atoms with Crippen molar-refractivity contribution in [1.82, 2.24) is 0 Å². The minimum atomic E-state index is 0.158. The van der Waals surface area contributed by atoms with Crippen LogP contribution in [0, 0.1) is 5.92 Å². The highest BCUT2D eigenvalue weighted by molar-refractivity contribution is 5.87. The number of hydrogen-bond donors (Lipinski definition) is 1. The summed E-state index contributed by atoms with van der Waals surface area (Å²) in [5.41, 5.74) is 0.904. The van der Waals surface area contributed by atoms with Crippen molar-refractivity contribution in [2.75, 3.05) is 13.9 Å². The maximum atomic E-state index is 9.01. The number of methoxy groups -OCH3 is 1. The minimum absolute atomic E-state index is 0.158. The van der Waals surface area contributed by atoms with Gasteiger partial charge in [0.05, 0.1) is 11.8 Å². The largest absolute Gasteiger partial charge is 0.411 e. The summed E-state index contributed by atoms with van der Waals surface area (Å²) in [5.74, 6) is 0.272. The molecule has 16 heavy (non-hydrogen) atoms. The van der Waals surface area contributed by atoms with Crippen molar-refractivity contribution >= 4 is 5.71 Å². The van der Waals surface area contributed by atoms with Gasteiger partial charge in [-0.2, -0.15) is 0 Å². The Morgan fingerprint density at radius 2 is 2.31 bits per heavy atom. The van der Waals surface area contributed by atoms with Gasteiger partial charge >= 0.3 is 0 Å². The minimum Gasteiger partial charge on any atom is -0.411 e. The van der Waals surface area contributed by atoms with Crippen LogP contribution in [0.5, 0.6) is 0 Å². The lowest BCUT2D eigenvalue weighted by Crippen LogP contribution is -2.35. The SMILES string of the molecule is CCCC[C@@H]1/C(=N\O)CCC[C@H]1OCOC. The molecule has 1 aliphatic carbocycles. The van der Waals surface area contributed by atoms with Crippen molar-refractivity contribution in [3.8, 4) is 0 Å². The Kier molecular flexibility index (Phi) is 6.42. The van der Waals surface area contributed by atoms with E-state index < -0.39 is 0 Å². The Labute approximate surface area is 97.6 Å². The van der Waals surface area contributed by atoms with Gasteiger partial charge in [-0.15, -0.1) is 0 Å². The summed E-state index contributed by atoms with van der Waals surface area (Å²) < 4.78 is 10.6. The maximum absolute atomic E-state index is 9.01. The number of hydrogen-bond acceptors (Lipinski definition) is 4. The molecule has 0 radical (unpaired) electrons. The summed E-state index contributed by atoms with van der Waals surface area (Å²) in [6, 6.07) is 0. The van der Waals surface area contributed by atoms with E-state index in [1.165, 1.54) is 0 Å². The van der Waals surface area contributed by atoms with Gasteiger partial charge in [0.25, 0.3) is 0 Å². The molecule has 94 valence electrons. The van der Waals surface area contributed by atoms with Crippen molar-refractivity contribution in [1.29, 1.82) is 0 Å². The zero-order valence-corrected chi connectivity index (χ0v) is 10.3. The molecule has 4 heteroatoms. The van der Waals surface area contributed by atoms with E-state index in [0.29, 0.717) is 6.79 Å². The highest BCUT2D eigenvalue weighted by Crippen LogP contribution is 2.29. The first-order valence-electron chi connectivity index (χ1n) is 6.14. The second kappa shape index (κ2) is 7.63. The fourth-order valence-electron chi connectivity index (χ4n) is 2.34. The van der Waals surface area contributed by atoms with Crippen LogP contribution in [0.4, 0.5) is 0 Å². The molecule has 1 saturated carbocycles. The summed E-state index contributed by atoms with van der Waals surface area (Å²) in [6.07, 6.45) is 6.49. The molecule has 0 aromatic heterocycles. The van der Waals surface area contributed by atoms with E-state index in [1.807, 2.05) is 0 Å². The fourth-order valence-corrected chi connectivity index (χ4v) is 2.34. The number of ether oxygens (including phenoxy) is 2. The van der Waals surface area contributed by atoms with E-state index in [1.54, 1.807) is 7.11 Å². The van der Waals surface area contributed by atoms with Gasteiger partial charge in [-0.05, 0) is 25.7 Å². The number of nitrogens with zero attached hydrogens (tertiary/aromatic N) is 1. The third-order valence-corrected chi connectivity index (χ3v) is 3.20. The first-order valence-corrected chi connectivity index (χ1v) is 6.14. The van der Waals surface area contributed by atoms with Crippen molar-refractivity contribution in [2.45, 2.75) is 51.6 Å². The molecule has 0 aliphatic heterocycles. The van der Waals surface area contributed by atoms with Crippen LogP contribution in [0.3, 0.4) is 0 Å². The van der Waals surface area contributed by atoms with E-state index in [9.17, 15) is 0 Å². The maximum Gasteiger partial charge on any atom is 0.146 e. The second-order valence-electron chi connectivity index (χ2n) is 4.34. The highest BCUT2D eigenvalue weighted by atomic mass is 16.7. The molecule has 0 aromatic rings. The average Bonchev–Trinajstić information content (AvgIpc) is 2.33. The van der Waals surface area contributed by atoms with E-state index >= 15 is 0 Å². The number of rotatable bonds is 6. The molecule has 1 fully saturated rings. The lowest BCUT2D eigenvalue weighted by atomic mass is 9.81. The predicted octanol–water partition coefficient (Wildman–Crippen LogP) is 2.80. The van der Waals surface area contributed by atoms with Crippen LogP contribution >= 0.6 is 0 Å². The van der Waals surface area contributed by atoms with Gasteiger partial charge in [-0.3, -0.25) is 0 Å². The molecule has 1 aliphatic rings. The summed E-state index contributed by atoms with van der Waals surface area (Å²) in [5, 5.41) is 12.4. The standard InChI is InChI=1S/C12H23NO3/c1-3-4-6-10-11(13-14)7-5-8-12(10)16-9-15-2/h10,12,14H,3-9H2,1-2H3/b13-11-/t10-,12-/m1/s1. The van der Waals surface area contributed by atoms with Crippen LogP contribution in [-0.4, -0.2) is 30.9 Å². The third-order valence-electron chi connectivity index (χ3n) is 3.20. The molecule has 0 bridgehead atoms. The van der Waals surface area contributed by atoms with E-state index in [-0.39, 0.29) is 12.0 Å². The van der Waals surface area contributed by atoms with Gasteiger partial charge in [0.1, 0.15) is 6.79 Å². The Bertz CT molecular complexity index is 218. The topological polar surface area (TPSA) is 51.1 Å². The van der Waals surface area contributed by atoms with Gasteiger partial charge in [-0.1, -0.05) is 24.9 Å². The van der Waals surface area contributed by atoms with Crippen molar-refractivity contribution in [2.24, 2.45) is 11.1 Å². The molecule has 1 N–H and O–H groups in total. The van der Waals surface area contributed by atoms with Crippen molar-refractivity contribution in [3.63, 3.8) is 0 Å². The van der Waals surface area contributed by atoms with Crippen LogP contribution < -0.4 is 0 Å². The smallest absolute Gasteiger partial charge is 0.146 e. The van der Waals surface area contributed by atoms with Gasteiger partial charge < -0.3 is 14.7 Å². The summed E-state index contributed by atoms with van der Waals surface area (Å²) in [7, 11) is 1.63. The second-order valence-corrected chi connectivity index (χ2v) is 4.34. The number of oxime groups is 1. The highest BCUT2D eigenvalue weighted by Gasteiger charge is 2.30. The predicted molar refractivity (Wildman–Crippen MR) is 62.8 cm³/mol. The van der Waals surface area contributed by atoms with Gasteiger partial charge in [0.2, 0.25) is 0 Å². The van der Waals surface area contributed by atoms with E-state index in [4.69, 9.17) is 14.7 Å². The molecule has 0 unspecified atom stereocenters. The van der Waals surface area contributed by atoms with E-state index in [0.717, 1.165) is 44.2 Å². The first-order chi connectivity index (χ1) is 7.83. The Hall–Kier alpha value is -0.610. The molecular weight excluding hydrogens is 206 g/mol. The average molecular weight is 229 g/mol. The molecule has 0 spiro atoms. The molecule has 0 heterocycles. The zero-order chi connectivity index (χ0) is 11.8. The molecule has 0 amide bonds. The van der Waals surface area contributed by atoms with Crippen LogP contribution in [0.1, 0.15) is 45.4 Å². The summed E-state index contributed by atoms with van der Waals surface area (Å²) >= 11 is 0. The monoisotopic (exact) mass is 229 g/mol. The molecular formula is C12H23NO3. The lowest BCUT2D eigenvalue weighted by Gasteiger charge is -2.31. The Morgan fingerprint density at radius 3 is 2.94 bits per heavy atom. The normalized spacial score (nSPS) is 28.5. The van der Waals surface area contributed by atoms with E-state index in [2.05, 4.69) is 12.1 Å². The quantitative estimate of drug-likeness (QED) is 0.433. The lowest BCUT2D eigenvalue weighted by molar-refractivity contribution is -0.0892. The number of unbranched alkanes of at least 4 members (excludes halogenated alkanes) is 1. The molecule has 0 saturated heterocycles. The van der Waals surface area contributed by atoms with Crippen LogP contribution in [0.25, 0.3) is 0 Å². The molecule has 4 nitrogen and oxygen atoms in total. The van der Waals surface area contributed by atoms with Crippen LogP contribution in [-0.2, 0) is 9.47 Å². The first kappa shape index (κ1) is 13.5. The van der Waals surface area contributed by atoms with Crippen LogP contribution in [0.15, 0.2) is 5.16 Å². The molecule has 2 atom stereocenters. The molecule has 0 aromatic carbocycles. The third kappa shape index (κ3) is 3.76. The summed E-state index contributed by atoms with van der Waals surface area (Å²) in [4.78, 5) is 0. The van der Waals surface area contributed by atoms with Gasteiger partial charge in [0, 0.05) is 13.0 Å². The van der Waals surface area contributed by atoms with Gasteiger partial charge in [0.15, 0.2) is 0 Å². The van der Waals surface area contributed by atoms with Crippen molar-refractivity contribution < 1.29 is 14.7 Å². The fraction of sp³-hybridized carbons (Fsp3) is 0.917. The van der Waals surface area contributed by atoms with Gasteiger partial charge in [-0.25, -0.2) is 0 Å². The Morgan fingerprint density at radius 1 is 1.50 bits per heavy atom. The Balaban J connectivity index is 2.55. The zero-order valence-electron chi connectivity index (χ0n) is 10.3. The molecule has 1 rings (SSSR count). The van der Waals surface area contributed by atoms with Crippen molar-refractivity contribution in [3.05, 3.63) is 0 Å². The summed E-state index contributed by atoms with van der Waals surface area (Å²) in [6.45, 7) is 2.50. The van der Waals surface area contributed by atoms with Crippen LogP contribution in [0.2, 0.25) is 0 Å².